The van der Waals surface area contributed by atoms with E-state index in [1.807, 2.05) is 6.07 Å². The molecule has 2 N–H and O–H groups in total. The standard InChI is InChI=1S/C19H25FN4O2S/c1-2-27(25,26)21-13-14-7-9-15(10-8-14)22-19-12-11-18(23-24-19)16-5-3-4-6-17(16)20/h3-6,11-12,14-15,21H,2,7-10,13H2,1H3,(H,22,24). The van der Waals surface area contributed by atoms with E-state index in [-0.39, 0.29) is 17.6 Å². The van der Waals surface area contributed by atoms with Gasteiger partial charge in [0.05, 0.1) is 11.4 Å². The molecule has 8 heteroatoms. The fraction of sp³-hybridized carbons (Fsp3) is 0.474. The summed E-state index contributed by atoms with van der Waals surface area (Å²) in [6.45, 7) is 2.15. The van der Waals surface area contributed by atoms with Crippen LogP contribution in [-0.4, -0.2) is 37.0 Å². The molecule has 27 heavy (non-hydrogen) atoms. The molecule has 0 unspecified atom stereocenters. The van der Waals surface area contributed by atoms with Crippen LogP contribution in [0.4, 0.5) is 10.2 Å². The van der Waals surface area contributed by atoms with Gasteiger partial charge in [0.1, 0.15) is 11.6 Å². The lowest BCUT2D eigenvalue weighted by Gasteiger charge is -2.29. The van der Waals surface area contributed by atoms with E-state index in [1.165, 1.54) is 6.07 Å². The minimum absolute atomic E-state index is 0.117. The van der Waals surface area contributed by atoms with Gasteiger partial charge in [0.2, 0.25) is 10.0 Å². The lowest BCUT2D eigenvalue weighted by molar-refractivity contribution is 0.337. The Balaban J connectivity index is 1.50. The van der Waals surface area contributed by atoms with Gasteiger partial charge in [-0.3, -0.25) is 0 Å². The van der Waals surface area contributed by atoms with Gasteiger partial charge in [0.15, 0.2) is 0 Å². The molecule has 146 valence electrons. The smallest absolute Gasteiger partial charge is 0.211 e. The molecule has 1 saturated carbocycles. The van der Waals surface area contributed by atoms with Crippen LogP contribution in [0.25, 0.3) is 11.3 Å². The highest BCUT2D eigenvalue weighted by atomic mass is 32.2. The van der Waals surface area contributed by atoms with E-state index in [9.17, 15) is 12.8 Å². The number of anilines is 1. The molecular weight excluding hydrogens is 367 g/mol. The van der Waals surface area contributed by atoms with Gasteiger partial charge in [-0.2, -0.15) is 0 Å². The largest absolute Gasteiger partial charge is 0.366 e. The molecule has 0 spiro atoms. The van der Waals surface area contributed by atoms with Crippen molar-refractivity contribution in [3.63, 3.8) is 0 Å². The lowest BCUT2D eigenvalue weighted by Crippen LogP contribution is -2.34. The fourth-order valence-electron chi connectivity index (χ4n) is 3.29. The number of nitrogens with one attached hydrogen (secondary N) is 2. The number of hydrogen-bond acceptors (Lipinski definition) is 5. The maximum atomic E-state index is 13.8. The summed E-state index contributed by atoms with van der Waals surface area (Å²) < 4.78 is 39.6. The predicted molar refractivity (Wildman–Crippen MR) is 104 cm³/mol. The van der Waals surface area contributed by atoms with Gasteiger partial charge in [0.25, 0.3) is 0 Å². The van der Waals surface area contributed by atoms with E-state index in [1.54, 1.807) is 31.2 Å². The molecule has 0 saturated heterocycles. The molecule has 1 heterocycles. The molecule has 0 amide bonds. The highest BCUT2D eigenvalue weighted by Crippen LogP contribution is 2.26. The van der Waals surface area contributed by atoms with Crippen LogP contribution < -0.4 is 10.0 Å². The molecule has 1 fully saturated rings. The summed E-state index contributed by atoms with van der Waals surface area (Å²) in [5, 5.41) is 11.7. The Hall–Kier alpha value is -2.06. The van der Waals surface area contributed by atoms with Crippen molar-refractivity contribution in [2.75, 3.05) is 17.6 Å². The van der Waals surface area contributed by atoms with E-state index in [0.29, 0.717) is 29.5 Å². The molecule has 3 rings (SSSR count). The quantitative estimate of drug-likeness (QED) is 0.756. The average Bonchev–Trinajstić information content (AvgIpc) is 2.69. The Bertz CT molecular complexity index is 850. The van der Waals surface area contributed by atoms with Crippen molar-refractivity contribution >= 4 is 15.8 Å². The molecule has 0 bridgehead atoms. The molecule has 2 aromatic rings. The molecule has 0 aliphatic heterocycles. The van der Waals surface area contributed by atoms with Gasteiger partial charge < -0.3 is 5.32 Å². The van der Waals surface area contributed by atoms with Crippen molar-refractivity contribution in [3.05, 3.63) is 42.2 Å². The average molecular weight is 393 g/mol. The van der Waals surface area contributed by atoms with Gasteiger partial charge in [0, 0.05) is 18.2 Å². The summed E-state index contributed by atoms with van der Waals surface area (Å²) in [6.07, 6.45) is 3.83. The second kappa shape index (κ2) is 8.75. The second-order valence-corrected chi connectivity index (χ2v) is 8.99. The molecule has 1 aromatic carbocycles. The van der Waals surface area contributed by atoms with Crippen LogP contribution in [0.2, 0.25) is 0 Å². The van der Waals surface area contributed by atoms with Crippen LogP contribution in [0.1, 0.15) is 32.6 Å². The number of aromatic nitrogens is 2. The zero-order valence-electron chi connectivity index (χ0n) is 15.4. The first-order valence-corrected chi connectivity index (χ1v) is 10.9. The molecule has 0 atom stereocenters. The zero-order chi connectivity index (χ0) is 19.3. The normalized spacial score (nSPS) is 20.4. The minimum atomic E-state index is -3.12. The number of nitrogens with zero attached hydrogens (tertiary/aromatic N) is 2. The summed E-state index contributed by atoms with van der Waals surface area (Å²) in [7, 11) is -3.12. The zero-order valence-corrected chi connectivity index (χ0v) is 16.2. The third kappa shape index (κ3) is 5.46. The summed E-state index contributed by atoms with van der Waals surface area (Å²) in [6, 6.07) is 10.4. The van der Waals surface area contributed by atoms with Crippen LogP contribution in [0.3, 0.4) is 0 Å². The Morgan fingerprint density at radius 3 is 2.44 bits per heavy atom. The first-order chi connectivity index (χ1) is 13.0. The number of halogens is 1. The molecular formula is C19H25FN4O2S. The Morgan fingerprint density at radius 1 is 1.07 bits per heavy atom. The van der Waals surface area contributed by atoms with Gasteiger partial charge >= 0.3 is 0 Å². The highest BCUT2D eigenvalue weighted by molar-refractivity contribution is 7.89. The van der Waals surface area contributed by atoms with E-state index >= 15 is 0 Å². The van der Waals surface area contributed by atoms with Crippen LogP contribution in [0.15, 0.2) is 36.4 Å². The first kappa shape index (κ1) is 19.7. The van der Waals surface area contributed by atoms with E-state index < -0.39 is 10.0 Å². The highest BCUT2D eigenvalue weighted by Gasteiger charge is 2.22. The fourth-order valence-corrected chi connectivity index (χ4v) is 3.98. The third-order valence-electron chi connectivity index (χ3n) is 4.99. The van der Waals surface area contributed by atoms with Crippen LogP contribution in [-0.2, 0) is 10.0 Å². The van der Waals surface area contributed by atoms with Crippen LogP contribution in [0.5, 0.6) is 0 Å². The predicted octanol–water partition coefficient (Wildman–Crippen LogP) is 3.19. The van der Waals surface area contributed by atoms with Gasteiger partial charge in [-0.25, -0.2) is 17.5 Å². The van der Waals surface area contributed by atoms with Crippen molar-refractivity contribution < 1.29 is 12.8 Å². The molecule has 1 aliphatic rings. The van der Waals surface area contributed by atoms with Gasteiger partial charge in [-0.05, 0) is 62.8 Å². The summed E-state index contributed by atoms with van der Waals surface area (Å²) in [4.78, 5) is 0. The van der Waals surface area contributed by atoms with Crippen LogP contribution in [0, 0.1) is 11.7 Å². The summed E-state index contributed by atoms with van der Waals surface area (Å²) >= 11 is 0. The van der Waals surface area contributed by atoms with E-state index in [2.05, 4.69) is 20.2 Å². The number of benzene rings is 1. The minimum Gasteiger partial charge on any atom is -0.366 e. The summed E-state index contributed by atoms with van der Waals surface area (Å²) in [5.74, 6) is 0.847. The van der Waals surface area contributed by atoms with Crippen molar-refractivity contribution in [3.8, 4) is 11.3 Å². The number of hydrogen-bond donors (Lipinski definition) is 2. The van der Waals surface area contributed by atoms with E-state index in [0.717, 1.165) is 25.7 Å². The Morgan fingerprint density at radius 2 is 1.81 bits per heavy atom. The van der Waals surface area contributed by atoms with Gasteiger partial charge in [-0.15, -0.1) is 10.2 Å². The van der Waals surface area contributed by atoms with Crippen molar-refractivity contribution in [2.24, 2.45) is 5.92 Å². The number of sulfonamides is 1. The van der Waals surface area contributed by atoms with Crippen molar-refractivity contribution in [2.45, 2.75) is 38.6 Å². The Kier molecular flexibility index (Phi) is 6.38. The summed E-state index contributed by atoms with van der Waals surface area (Å²) in [5.41, 5.74) is 0.942. The molecule has 6 nitrogen and oxygen atoms in total. The monoisotopic (exact) mass is 392 g/mol. The molecule has 1 aromatic heterocycles. The van der Waals surface area contributed by atoms with Crippen LogP contribution >= 0.6 is 0 Å². The topological polar surface area (TPSA) is 84.0 Å². The first-order valence-electron chi connectivity index (χ1n) is 9.29. The van der Waals surface area contributed by atoms with Crippen molar-refractivity contribution in [1.82, 2.24) is 14.9 Å². The lowest BCUT2D eigenvalue weighted by atomic mass is 9.86. The SMILES string of the molecule is CCS(=O)(=O)NCC1CCC(Nc2ccc(-c3ccccc3F)nn2)CC1. The molecule has 1 aliphatic carbocycles. The van der Waals surface area contributed by atoms with Gasteiger partial charge in [-0.1, -0.05) is 12.1 Å². The second-order valence-electron chi connectivity index (χ2n) is 6.90. The third-order valence-corrected chi connectivity index (χ3v) is 6.35. The maximum Gasteiger partial charge on any atom is 0.211 e. The van der Waals surface area contributed by atoms with Crippen molar-refractivity contribution in [1.29, 1.82) is 0 Å². The maximum absolute atomic E-state index is 13.8. The van der Waals surface area contributed by atoms with E-state index in [4.69, 9.17) is 0 Å². The molecule has 0 radical (unpaired) electrons. The number of rotatable bonds is 7. The Labute approximate surface area is 159 Å².